The van der Waals surface area contributed by atoms with Gasteiger partial charge in [-0.05, 0) is 124 Å². The topological polar surface area (TPSA) is 106 Å². The molecule has 2 heterocycles. The lowest BCUT2D eigenvalue weighted by Gasteiger charge is -2.55. The Hall–Kier alpha value is -3.68. The van der Waals surface area contributed by atoms with Crippen LogP contribution in [0.1, 0.15) is 100.0 Å². The number of amides is 1. The zero-order valence-corrected chi connectivity index (χ0v) is 25.9. The lowest BCUT2D eigenvalue weighted by molar-refractivity contribution is -0.144. The predicted molar refractivity (Wildman–Crippen MR) is 167 cm³/mol. The SMILES string of the molecule is COc1ccc(C23CCC(CN(c4cc(-c5coc(C6CC6)n5)ccn4)C(=O)[C@H]4CC[C@H](C(=O)O)CC4)(CC2)CC3)cc1C. The molecule has 2 aromatic heterocycles. The number of fused-ring (bicyclic) bond motifs is 3. The van der Waals surface area contributed by atoms with Crippen molar-refractivity contribution in [2.45, 2.75) is 95.3 Å². The van der Waals surface area contributed by atoms with Gasteiger partial charge in [-0.15, -0.1) is 0 Å². The molecule has 5 aliphatic rings. The molecule has 1 N–H and O–H groups in total. The molecule has 8 rings (SSSR count). The van der Waals surface area contributed by atoms with Crippen molar-refractivity contribution in [3.8, 4) is 17.0 Å². The fraction of sp³-hybridized carbons (Fsp3) is 0.556. The van der Waals surface area contributed by atoms with Crippen LogP contribution in [0.3, 0.4) is 0 Å². The van der Waals surface area contributed by atoms with E-state index < -0.39 is 5.97 Å². The molecule has 0 spiro atoms. The summed E-state index contributed by atoms with van der Waals surface area (Å²) in [7, 11) is 1.72. The van der Waals surface area contributed by atoms with Crippen molar-refractivity contribution in [2.75, 3.05) is 18.6 Å². The molecule has 232 valence electrons. The van der Waals surface area contributed by atoms with Gasteiger partial charge in [0, 0.05) is 30.1 Å². The van der Waals surface area contributed by atoms with E-state index in [1.54, 1.807) is 19.6 Å². The molecule has 1 amide bonds. The number of aromatic nitrogens is 2. The van der Waals surface area contributed by atoms with Crippen LogP contribution in [0.15, 0.2) is 47.2 Å². The minimum absolute atomic E-state index is 0.0436. The molecule has 5 fully saturated rings. The Morgan fingerprint density at radius 2 is 1.68 bits per heavy atom. The minimum Gasteiger partial charge on any atom is -0.496 e. The molecule has 5 aliphatic carbocycles. The third-order valence-electron chi connectivity index (χ3n) is 11.4. The third kappa shape index (κ3) is 5.41. The zero-order valence-electron chi connectivity index (χ0n) is 25.9. The van der Waals surface area contributed by atoms with Gasteiger partial charge < -0.3 is 14.3 Å². The number of carboxylic acids is 1. The Balaban J connectivity index is 1.14. The molecule has 8 heteroatoms. The molecular formula is C36H43N3O5. The number of nitrogens with zero attached hydrogens (tertiary/aromatic N) is 3. The van der Waals surface area contributed by atoms with Crippen LogP contribution in [0.5, 0.6) is 5.75 Å². The van der Waals surface area contributed by atoms with Gasteiger partial charge in [0.2, 0.25) is 5.91 Å². The minimum atomic E-state index is -0.751. The number of carbonyl (C=O) groups excluding carboxylic acids is 1. The highest BCUT2D eigenvalue weighted by molar-refractivity contribution is 5.95. The smallest absolute Gasteiger partial charge is 0.306 e. The number of methoxy groups -OCH3 is 1. The lowest BCUT2D eigenvalue weighted by Crippen LogP contribution is -2.52. The summed E-state index contributed by atoms with van der Waals surface area (Å²) in [6.45, 7) is 2.76. The summed E-state index contributed by atoms with van der Waals surface area (Å²) in [6.07, 6.45) is 14.6. The van der Waals surface area contributed by atoms with Gasteiger partial charge >= 0.3 is 5.97 Å². The lowest BCUT2D eigenvalue weighted by atomic mass is 9.51. The van der Waals surface area contributed by atoms with E-state index in [0.717, 1.165) is 74.3 Å². The van der Waals surface area contributed by atoms with Crippen molar-refractivity contribution in [1.82, 2.24) is 9.97 Å². The molecule has 1 aromatic carbocycles. The van der Waals surface area contributed by atoms with Gasteiger partial charge in [-0.2, -0.15) is 0 Å². The fourth-order valence-corrected chi connectivity index (χ4v) is 8.22. The van der Waals surface area contributed by atoms with Crippen LogP contribution in [0, 0.1) is 24.2 Å². The molecule has 0 saturated heterocycles. The monoisotopic (exact) mass is 597 g/mol. The molecule has 3 aromatic rings. The molecule has 0 atom stereocenters. The highest BCUT2D eigenvalue weighted by Crippen LogP contribution is 2.58. The van der Waals surface area contributed by atoms with Crippen molar-refractivity contribution in [2.24, 2.45) is 17.3 Å². The summed E-state index contributed by atoms with van der Waals surface area (Å²) in [5.41, 5.74) is 4.50. The number of anilines is 1. The van der Waals surface area contributed by atoms with E-state index >= 15 is 0 Å². The summed E-state index contributed by atoms with van der Waals surface area (Å²) >= 11 is 0. The predicted octanol–water partition coefficient (Wildman–Crippen LogP) is 7.45. The first-order valence-corrected chi connectivity index (χ1v) is 16.4. The van der Waals surface area contributed by atoms with Crippen molar-refractivity contribution in [3.63, 3.8) is 0 Å². The van der Waals surface area contributed by atoms with Gasteiger partial charge in [0.1, 0.15) is 23.5 Å². The standard InChI is InChI=1S/C36H43N3O5/c1-23-19-28(9-10-30(23)43-2)36-15-12-35(13-16-36,14-17-36)22-39(33(40)25-5-7-26(8-6-25)34(41)42)31-20-27(11-18-37-31)29-21-44-32(38-29)24-3-4-24/h9-11,18-21,24-26H,3-8,12-17,22H2,1-2H3,(H,41,42)/t25-,26-,35?,36?. The summed E-state index contributed by atoms with van der Waals surface area (Å²) in [4.78, 5) is 37.4. The van der Waals surface area contributed by atoms with Crippen LogP contribution >= 0.6 is 0 Å². The summed E-state index contributed by atoms with van der Waals surface area (Å²) in [6, 6.07) is 10.6. The normalized spacial score (nSPS) is 28.0. The van der Waals surface area contributed by atoms with E-state index in [-0.39, 0.29) is 28.6 Å². The molecule has 2 bridgehead atoms. The Labute approximate surface area is 259 Å². The number of carbonyl (C=O) groups is 2. The van der Waals surface area contributed by atoms with Gasteiger partial charge in [0.15, 0.2) is 5.89 Å². The van der Waals surface area contributed by atoms with E-state index in [4.69, 9.17) is 19.1 Å². The molecule has 8 nitrogen and oxygen atoms in total. The first-order chi connectivity index (χ1) is 21.3. The highest BCUT2D eigenvalue weighted by Gasteiger charge is 2.51. The number of aliphatic carboxylic acids is 1. The highest BCUT2D eigenvalue weighted by atomic mass is 16.5. The van der Waals surface area contributed by atoms with Crippen LogP contribution in [0.25, 0.3) is 11.3 Å². The number of ether oxygens (including phenoxy) is 1. The average Bonchev–Trinajstić information content (AvgIpc) is 3.80. The second-order valence-electron chi connectivity index (χ2n) is 14.0. The van der Waals surface area contributed by atoms with Gasteiger partial charge in [-0.1, -0.05) is 12.1 Å². The summed E-state index contributed by atoms with van der Waals surface area (Å²) in [5.74, 6) is 1.60. The number of oxazole rings is 1. The Morgan fingerprint density at radius 1 is 0.977 bits per heavy atom. The van der Waals surface area contributed by atoms with Crippen molar-refractivity contribution >= 4 is 17.7 Å². The van der Waals surface area contributed by atoms with Gasteiger partial charge in [-0.25, -0.2) is 9.97 Å². The second-order valence-corrected chi connectivity index (χ2v) is 14.0. The molecular weight excluding hydrogens is 554 g/mol. The van der Waals surface area contributed by atoms with Crippen LogP contribution in [0.2, 0.25) is 0 Å². The van der Waals surface area contributed by atoms with Gasteiger partial charge in [0.05, 0.1) is 13.0 Å². The number of pyridine rings is 1. The number of hydrogen-bond donors (Lipinski definition) is 1. The number of aryl methyl sites for hydroxylation is 1. The number of carboxylic acid groups (broad SMARTS) is 1. The van der Waals surface area contributed by atoms with Crippen molar-refractivity contribution in [1.29, 1.82) is 0 Å². The zero-order chi connectivity index (χ0) is 30.5. The van der Waals surface area contributed by atoms with Crippen LogP contribution < -0.4 is 9.64 Å². The Morgan fingerprint density at radius 3 is 2.32 bits per heavy atom. The van der Waals surface area contributed by atoms with Crippen LogP contribution in [-0.4, -0.2) is 40.6 Å². The van der Waals surface area contributed by atoms with Crippen molar-refractivity contribution < 1.29 is 23.8 Å². The van der Waals surface area contributed by atoms with E-state index in [9.17, 15) is 14.7 Å². The second kappa shape index (κ2) is 11.4. The molecule has 0 radical (unpaired) electrons. The Kier molecular flexibility index (Phi) is 7.50. The number of rotatable bonds is 9. The van der Waals surface area contributed by atoms with Gasteiger partial charge in [-0.3, -0.25) is 14.5 Å². The maximum Gasteiger partial charge on any atom is 0.306 e. The number of hydrogen-bond acceptors (Lipinski definition) is 6. The van der Waals surface area contributed by atoms with Crippen LogP contribution in [-0.2, 0) is 15.0 Å². The van der Waals surface area contributed by atoms with Crippen LogP contribution in [0.4, 0.5) is 5.82 Å². The summed E-state index contributed by atoms with van der Waals surface area (Å²) in [5, 5.41) is 9.53. The average molecular weight is 598 g/mol. The van der Waals surface area contributed by atoms with E-state index in [1.807, 2.05) is 17.0 Å². The van der Waals surface area contributed by atoms with Crippen molar-refractivity contribution in [3.05, 3.63) is 59.8 Å². The number of benzene rings is 1. The first kappa shape index (κ1) is 29.1. The maximum atomic E-state index is 14.3. The first-order valence-electron chi connectivity index (χ1n) is 16.4. The largest absolute Gasteiger partial charge is 0.496 e. The fourth-order valence-electron chi connectivity index (χ4n) is 8.22. The molecule has 44 heavy (non-hydrogen) atoms. The molecule has 0 unspecified atom stereocenters. The van der Waals surface area contributed by atoms with E-state index in [2.05, 4.69) is 25.1 Å². The molecule has 5 saturated carbocycles. The molecule has 0 aliphatic heterocycles. The quantitative estimate of drug-likeness (QED) is 0.273. The van der Waals surface area contributed by atoms with E-state index in [1.165, 1.54) is 11.1 Å². The Bertz CT molecular complexity index is 1530. The van der Waals surface area contributed by atoms with Gasteiger partial charge in [0.25, 0.3) is 0 Å². The summed E-state index contributed by atoms with van der Waals surface area (Å²) < 4.78 is 11.3. The third-order valence-corrected chi connectivity index (χ3v) is 11.4. The van der Waals surface area contributed by atoms with E-state index in [0.29, 0.717) is 44.0 Å². The maximum absolute atomic E-state index is 14.3.